The summed E-state index contributed by atoms with van der Waals surface area (Å²) in [6.07, 6.45) is 0. The Morgan fingerprint density at radius 1 is 0.903 bits per heavy atom. The lowest BCUT2D eigenvalue weighted by molar-refractivity contribution is -0.384. The smallest absolute Gasteiger partial charge is 0.269 e. The first kappa shape index (κ1) is 18.5. The summed E-state index contributed by atoms with van der Waals surface area (Å²) in [5.74, 6) is 0.132. The van der Waals surface area contributed by atoms with Gasteiger partial charge in [0.05, 0.1) is 4.92 Å². The van der Waals surface area contributed by atoms with Crippen LogP contribution in [0.4, 0.5) is 11.4 Å². The van der Waals surface area contributed by atoms with Crippen LogP contribution in [-0.4, -0.2) is 15.8 Å². The topological polar surface area (TPSA) is 98.3 Å². The Hall–Kier alpha value is -4.52. The molecule has 5 rings (SSSR count). The van der Waals surface area contributed by atoms with Gasteiger partial charge in [-0.15, -0.1) is 0 Å². The molecule has 1 heterocycles. The van der Waals surface area contributed by atoms with Crippen molar-refractivity contribution in [2.75, 3.05) is 5.32 Å². The summed E-state index contributed by atoms with van der Waals surface area (Å²) in [6, 6.07) is 24.7. The molecule has 0 spiro atoms. The van der Waals surface area contributed by atoms with Crippen LogP contribution in [0.1, 0.15) is 10.4 Å². The zero-order valence-electron chi connectivity index (χ0n) is 16.1. The van der Waals surface area contributed by atoms with Gasteiger partial charge in [-0.3, -0.25) is 14.9 Å². The molecule has 150 valence electrons. The summed E-state index contributed by atoms with van der Waals surface area (Å²) in [5.41, 5.74) is 2.89. The van der Waals surface area contributed by atoms with Gasteiger partial charge in [-0.25, -0.2) is 4.98 Å². The van der Waals surface area contributed by atoms with E-state index in [1.807, 2.05) is 42.5 Å². The zero-order chi connectivity index (χ0) is 21.4. The lowest BCUT2D eigenvalue weighted by Gasteiger charge is -2.04. The molecular weight excluding hydrogens is 394 g/mol. The number of rotatable bonds is 4. The lowest BCUT2D eigenvalue weighted by atomic mass is 10.1. The monoisotopic (exact) mass is 409 g/mol. The minimum Gasteiger partial charge on any atom is -0.436 e. The summed E-state index contributed by atoms with van der Waals surface area (Å²) in [7, 11) is 0. The first-order chi connectivity index (χ1) is 15.1. The fourth-order valence-electron chi connectivity index (χ4n) is 3.39. The number of carbonyl (C=O) groups excluding carboxylic acids is 1. The van der Waals surface area contributed by atoms with Gasteiger partial charge in [0.1, 0.15) is 5.52 Å². The largest absolute Gasteiger partial charge is 0.436 e. The van der Waals surface area contributed by atoms with Gasteiger partial charge in [-0.05, 0) is 53.2 Å². The van der Waals surface area contributed by atoms with E-state index in [0.717, 1.165) is 16.3 Å². The molecule has 0 saturated carbocycles. The number of nitro groups is 1. The molecule has 7 nitrogen and oxygen atoms in total. The number of nitro benzene ring substituents is 1. The highest BCUT2D eigenvalue weighted by Gasteiger charge is 2.13. The van der Waals surface area contributed by atoms with Crippen molar-refractivity contribution in [1.29, 1.82) is 0 Å². The first-order valence-corrected chi connectivity index (χ1v) is 9.52. The Labute approximate surface area is 176 Å². The van der Waals surface area contributed by atoms with E-state index in [-0.39, 0.29) is 11.6 Å². The van der Waals surface area contributed by atoms with Crippen LogP contribution >= 0.6 is 0 Å². The first-order valence-electron chi connectivity index (χ1n) is 9.52. The second-order valence-electron chi connectivity index (χ2n) is 7.02. The number of non-ortho nitro benzene ring substituents is 1. The van der Waals surface area contributed by atoms with Crippen molar-refractivity contribution in [3.63, 3.8) is 0 Å². The van der Waals surface area contributed by atoms with E-state index in [2.05, 4.69) is 10.3 Å². The highest BCUT2D eigenvalue weighted by molar-refractivity contribution is 6.05. The van der Waals surface area contributed by atoms with Crippen LogP contribution in [0.2, 0.25) is 0 Å². The molecule has 0 saturated heterocycles. The van der Waals surface area contributed by atoms with Crippen molar-refractivity contribution in [2.24, 2.45) is 0 Å². The Kier molecular flexibility index (Phi) is 4.41. The van der Waals surface area contributed by atoms with Gasteiger partial charge in [0.25, 0.3) is 11.6 Å². The van der Waals surface area contributed by atoms with Crippen LogP contribution in [0.5, 0.6) is 0 Å². The summed E-state index contributed by atoms with van der Waals surface area (Å²) in [4.78, 5) is 27.3. The van der Waals surface area contributed by atoms with Crippen molar-refractivity contribution < 1.29 is 14.1 Å². The summed E-state index contributed by atoms with van der Waals surface area (Å²) < 4.78 is 5.90. The Morgan fingerprint density at radius 2 is 1.68 bits per heavy atom. The molecule has 31 heavy (non-hydrogen) atoms. The SMILES string of the molecule is O=C(Nc1ccc2oc(-c3ccc4ccccc4c3)nc2c1)c1ccc([N+](=O)[O-])cc1. The van der Waals surface area contributed by atoms with Crippen molar-refractivity contribution >= 4 is 39.2 Å². The van der Waals surface area contributed by atoms with Crippen LogP contribution in [-0.2, 0) is 0 Å². The quantitative estimate of drug-likeness (QED) is 0.298. The maximum Gasteiger partial charge on any atom is 0.269 e. The number of nitrogens with one attached hydrogen (secondary N) is 1. The molecule has 1 amide bonds. The van der Waals surface area contributed by atoms with E-state index in [1.54, 1.807) is 18.2 Å². The van der Waals surface area contributed by atoms with Gasteiger partial charge in [0, 0.05) is 28.9 Å². The highest BCUT2D eigenvalue weighted by atomic mass is 16.6. The predicted molar refractivity (Wildman–Crippen MR) is 118 cm³/mol. The molecule has 0 bridgehead atoms. The third kappa shape index (κ3) is 3.60. The molecule has 1 aromatic heterocycles. The fraction of sp³-hybridized carbons (Fsp3) is 0. The van der Waals surface area contributed by atoms with Crippen LogP contribution in [0.15, 0.2) is 89.3 Å². The van der Waals surface area contributed by atoms with Gasteiger partial charge in [0.15, 0.2) is 5.58 Å². The van der Waals surface area contributed by atoms with Gasteiger partial charge in [0.2, 0.25) is 5.89 Å². The number of hydrogen-bond donors (Lipinski definition) is 1. The number of benzene rings is 4. The summed E-state index contributed by atoms with van der Waals surface area (Å²) >= 11 is 0. The van der Waals surface area contributed by atoms with E-state index in [4.69, 9.17) is 4.42 Å². The number of nitrogens with zero attached hydrogens (tertiary/aromatic N) is 2. The van der Waals surface area contributed by atoms with Crippen molar-refractivity contribution in [1.82, 2.24) is 4.98 Å². The van der Waals surface area contributed by atoms with Gasteiger partial charge < -0.3 is 9.73 Å². The van der Waals surface area contributed by atoms with E-state index in [1.165, 1.54) is 24.3 Å². The minimum atomic E-state index is -0.507. The molecule has 1 N–H and O–H groups in total. The number of oxazole rings is 1. The fourth-order valence-corrected chi connectivity index (χ4v) is 3.39. The number of carbonyl (C=O) groups is 1. The Morgan fingerprint density at radius 3 is 2.45 bits per heavy atom. The third-order valence-corrected chi connectivity index (χ3v) is 4.98. The van der Waals surface area contributed by atoms with E-state index in [9.17, 15) is 14.9 Å². The lowest BCUT2D eigenvalue weighted by Crippen LogP contribution is -2.11. The predicted octanol–water partition coefficient (Wildman–Crippen LogP) is 5.81. The maximum atomic E-state index is 12.5. The van der Waals surface area contributed by atoms with Crippen LogP contribution < -0.4 is 5.32 Å². The van der Waals surface area contributed by atoms with E-state index >= 15 is 0 Å². The maximum absolute atomic E-state index is 12.5. The molecule has 7 heteroatoms. The summed E-state index contributed by atoms with van der Waals surface area (Å²) in [5, 5.41) is 15.8. The molecule has 0 aliphatic rings. The number of hydrogen-bond acceptors (Lipinski definition) is 5. The molecule has 5 aromatic rings. The number of amides is 1. The minimum absolute atomic E-state index is 0.0678. The van der Waals surface area contributed by atoms with E-state index < -0.39 is 4.92 Å². The molecular formula is C24H15N3O4. The van der Waals surface area contributed by atoms with Gasteiger partial charge in [-0.1, -0.05) is 30.3 Å². The zero-order valence-corrected chi connectivity index (χ0v) is 16.1. The van der Waals surface area contributed by atoms with Crippen LogP contribution in [0, 0.1) is 10.1 Å². The Bertz CT molecular complexity index is 1460. The Balaban J connectivity index is 1.41. The number of fused-ring (bicyclic) bond motifs is 2. The summed E-state index contributed by atoms with van der Waals surface area (Å²) in [6.45, 7) is 0. The molecule has 0 unspecified atom stereocenters. The number of anilines is 1. The molecule has 0 fully saturated rings. The van der Waals surface area contributed by atoms with Gasteiger partial charge >= 0.3 is 0 Å². The molecule has 0 radical (unpaired) electrons. The molecule has 0 aliphatic carbocycles. The number of aromatic nitrogens is 1. The van der Waals surface area contributed by atoms with Crippen molar-refractivity contribution in [3.8, 4) is 11.5 Å². The second kappa shape index (κ2) is 7.38. The standard InChI is InChI=1S/C24H15N3O4/c28-23(16-7-10-20(11-8-16)27(29)30)25-19-9-12-22-21(14-19)26-24(31-22)18-6-5-15-3-1-2-4-17(15)13-18/h1-14H,(H,25,28). The average molecular weight is 409 g/mol. The van der Waals surface area contributed by atoms with Crippen LogP contribution in [0.3, 0.4) is 0 Å². The second-order valence-corrected chi connectivity index (χ2v) is 7.02. The van der Waals surface area contributed by atoms with Crippen LogP contribution in [0.25, 0.3) is 33.3 Å². The third-order valence-electron chi connectivity index (χ3n) is 4.98. The van der Waals surface area contributed by atoms with Crippen molar-refractivity contribution in [3.05, 3.63) is 101 Å². The molecule has 4 aromatic carbocycles. The highest BCUT2D eigenvalue weighted by Crippen LogP contribution is 2.28. The average Bonchev–Trinajstić information content (AvgIpc) is 3.22. The van der Waals surface area contributed by atoms with Crippen molar-refractivity contribution in [2.45, 2.75) is 0 Å². The molecule has 0 atom stereocenters. The van der Waals surface area contributed by atoms with Gasteiger partial charge in [-0.2, -0.15) is 0 Å². The normalized spacial score (nSPS) is 11.0. The molecule has 0 aliphatic heterocycles. The van der Waals surface area contributed by atoms with E-state index in [0.29, 0.717) is 28.2 Å².